The molecule has 2 aromatic carbocycles. The second kappa shape index (κ2) is 4.16. The lowest BCUT2D eigenvalue weighted by molar-refractivity contribution is 0.0554. The van der Waals surface area contributed by atoms with Gasteiger partial charge in [0.25, 0.3) is 0 Å². The molecule has 0 saturated carbocycles. The molecule has 90 valence electrons. The number of ketones is 1. The van der Waals surface area contributed by atoms with Crippen molar-refractivity contribution in [3.8, 4) is 0 Å². The summed E-state index contributed by atoms with van der Waals surface area (Å²) in [7, 11) is 0. The summed E-state index contributed by atoms with van der Waals surface area (Å²) >= 11 is 0. The maximum Gasteiger partial charge on any atom is 0.236 e. The SMILES string of the molecule is O=C(c1cccc2ooc12)C(O)c1ccccc1. The fourth-order valence-electron chi connectivity index (χ4n) is 1.85. The van der Waals surface area contributed by atoms with Crippen molar-refractivity contribution < 1.29 is 19.1 Å². The van der Waals surface area contributed by atoms with Crippen molar-refractivity contribution in [2.75, 3.05) is 0 Å². The Morgan fingerprint density at radius 3 is 2.44 bits per heavy atom. The highest BCUT2D eigenvalue weighted by molar-refractivity contribution is 6.07. The Hall–Kier alpha value is -2.33. The van der Waals surface area contributed by atoms with Crippen molar-refractivity contribution in [1.29, 1.82) is 0 Å². The number of para-hydroxylation sites is 1. The van der Waals surface area contributed by atoms with Crippen molar-refractivity contribution in [1.82, 2.24) is 0 Å². The fourth-order valence-corrected chi connectivity index (χ4v) is 1.85. The lowest BCUT2D eigenvalue weighted by atomic mass is 9.99. The Labute approximate surface area is 102 Å². The van der Waals surface area contributed by atoms with Crippen LogP contribution in [0.15, 0.2) is 57.7 Å². The van der Waals surface area contributed by atoms with E-state index in [0.717, 1.165) is 0 Å². The van der Waals surface area contributed by atoms with Gasteiger partial charge in [-0.15, -0.1) is 0 Å². The third-order valence-electron chi connectivity index (χ3n) is 2.82. The minimum absolute atomic E-state index is 0.329. The molecule has 1 atom stereocenters. The molecular weight excluding hydrogens is 232 g/mol. The van der Waals surface area contributed by atoms with E-state index in [9.17, 15) is 9.90 Å². The minimum atomic E-state index is -1.19. The molecule has 0 aliphatic carbocycles. The van der Waals surface area contributed by atoms with Crippen LogP contribution in [0.25, 0.3) is 11.2 Å². The topological polar surface area (TPSA) is 63.6 Å². The van der Waals surface area contributed by atoms with Crippen LogP contribution in [0.1, 0.15) is 22.0 Å². The molecule has 4 heteroatoms. The van der Waals surface area contributed by atoms with Crippen LogP contribution in [-0.2, 0) is 0 Å². The highest BCUT2D eigenvalue weighted by Gasteiger charge is 2.24. The van der Waals surface area contributed by atoms with E-state index in [1.807, 2.05) is 6.07 Å². The van der Waals surface area contributed by atoms with E-state index < -0.39 is 11.9 Å². The number of rotatable bonds is 3. The van der Waals surface area contributed by atoms with Crippen LogP contribution in [-0.4, -0.2) is 10.9 Å². The third-order valence-corrected chi connectivity index (χ3v) is 2.82. The predicted octanol–water partition coefficient (Wildman–Crippen LogP) is 2.94. The van der Waals surface area contributed by atoms with Crippen molar-refractivity contribution in [3.63, 3.8) is 0 Å². The quantitative estimate of drug-likeness (QED) is 0.566. The molecule has 1 heterocycles. The van der Waals surface area contributed by atoms with Gasteiger partial charge in [0.1, 0.15) is 6.10 Å². The number of benzene rings is 2. The summed E-state index contributed by atoms with van der Waals surface area (Å²) < 4.78 is 9.50. The molecule has 0 aliphatic heterocycles. The molecule has 0 bridgehead atoms. The molecule has 0 radical (unpaired) electrons. The molecule has 0 amide bonds. The zero-order valence-electron chi connectivity index (χ0n) is 9.37. The van der Waals surface area contributed by atoms with Gasteiger partial charge in [-0.05, 0) is 17.7 Å². The van der Waals surface area contributed by atoms with Crippen molar-refractivity contribution in [2.24, 2.45) is 0 Å². The smallest absolute Gasteiger partial charge is 0.236 e. The summed E-state index contributed by atoms with van der Waals surface area (Å²) in [6, 6.07) is 13.8. The molecule has 4 nitrogen and oxygen atoms in total. The lowest BCUT2D eigenvalue weighted by Gasteiger charge is -2.11. The highest BCUT2D eigenvalue weighted by atomic mass is 17.0. The van der Waals surface area contributed by atoms with Crippen LogP contribution in [0.3, 0.4) is 0 Å². The van der Waals surface area contributed by atoms with Gasteiger partial charge in [-0.3, -0.25) is 13.9 Å². The largest absolute Gasteiger partial charge is 0.380 e. The van der Waals surface area contributed by atoms with Gasteiger partial charge in [0.15, 0.2) is 5.78 Å². The summed E-state index contributed by atoms with van der Waals surface area (Å²) in [6.07, 6.45) is -1.19. The van der Waals surface area contributed by atoms with Gasteiger partial charge >= 0.3 is 0 Å². The zero-order chi connectivity index (χ0) is 12.5. The first-order valence-corrected chi connectivity index (χ1v) is 5.52. The van der Waals surface area contributed by atoms with Gasteiger partial charge in [0, 0.05) is 0 Å². The summed E-state index contributed by atoms with van der Waals surface area (Å²) in [6.45, 7) is 0. The first kappa shape index (κ1) is 10.8. The van der Waals surface area contributed by atoms with Crippen LogP contribution in [0.4, 0.5) is 0 Å². The standard InChI is InChI=1S/C14H10O4/c15-12(9-5-2-1-3-6-9)13(16)10-7-4-8-11-14(10)18-17-11/h1-8,12,15H. The normalized spacial score (nSPS) is 12.7. The zero-order valence-corrected chi connectivity index (χ0v) is 9.37. The van der Waals surface area contributed by atoms with Crippen LogP contribution in [0.5, 0.6) is 0 Å². The second-order valence-electron chi connectivity index (χ2n) is 3.98. The van der Waals surface area contributed by atoms with Gasteiger partial charge in [0.2, 0.25) is 11.2 Å². The highest BCUT2D eigenvalue weighted by Crippen LogP contribution is 2.26. The Kier molecular flexibility index (Phi) is 2.50. The van der Waals surface area contributed by atoms with E-state index in [4.69, 9.17) is 9.15 Å². The predicted molar refractivity (Wildman–Crippen MR) is 64.2 cm³/mol. The number of carbonyl (C=O) groups excluding carboxylic acids is 1. The summed E-state index contributed by atoms with van der Waals surface area (Å²) in [5, 5.41) is 10.0. The number of hydrogen-bond acceptors (Lipinski definition) is 4. The van der Waals surface area contributed by atoms with E-state index in [1.54, 1.807) is 42.5 Å². The van der Waals surface area contributed by atoms with E-state index >= 15 is 0 Å². The Balaban J connectivity index is 1.97. The molecule has 1 N–H and O–H groups in total. The average molecular weight is 242 g/mol. The molecule has 0 spiro atoms. The maximum atomic E-state index is 12.2. The van der Waals surface area contributed by atoms with E-state index in [1.165, 1.54) is 0 Å². The molecule has 0 fully saturated rings. The average Bonchev–Trinajstić information content (AvgIpc) is 2.39. The first-order chi connectivity index (χ1) is 8.77. The fraction of sp³-hybridized carbons (Fsp3) is 0.0714. The van der Waals surface area contributed by atoms with Gasteiger partial charge in [0.05, 0.1) is 5.56 Å². The Morgan fingerprint density at radius 2 is 1.78 bits per heavy atom. The van der Waals surface area contributed by atoms with Crippen LogP contribution in [0.2, 0.25) is 0 Å². The molecule has 1 aromatic heterocycles. The molecule has 0 saturated heterocycles. The van der Waals surface area contributed by atoms with E-state index in [-0.39, 0.29) is 0 Å². The van der Waals surface area contributed by atoms with E-state index in [0.29, 0.717) is 22.3 Å². The van der Waals surface area contributed by atoms with E-state index in [2.05, 4.69) is 0 Å². The lowest BCUT2D eigenvalue weighted by Crippen LogP contribution is -2.12. The number of carbonyl (C=O) groups is 1. The van der Waals surface area contributed by atoms with Crippen molar-refractivity contribution in [3.05, 3.63) is 59.7 Å². The van der Waals surface area contributed by atoms with Crippen molar-refractivity contribution >= 4 is 16.9 Å². The van der Waals surface area contributed by atoms with Crippen LogP contribution >= 0.6 is 0 Å². The number of fused-ring (bicyclic) bond motifs is 1. The van der Waals surface area contributed by atoms with Gasteiger partial charge in [-0.25, -0.2) is 0 Å². The van der Waals surface area contributed by atoms with Crippen LogP contribution in [0, 0.1) is 0 Å². The van der Waals surface area contributed by atoms with Gasteiger partial charge in [-0.1, -0.05) is 36.4 Å². The second-order valence-corrected chi connectivity index (χ2v) is 3.98. The molecule has 18 heavy (non-hydrogen) atoms. The Bertz CT molecular complexity index is 678. The minimum Gasteiger partial charge on any atom is -0.380 e. The monoisotopic (exact) mass is 242 g/mol. The number of aliphatic hydroxyl groups is 1. The molecular formula is C14H10O4. The van der Waals surface area contributed by atoms with Crippen molar-refractivity contribution in [2.45, 2.75) is 6.10 Å². The third kappa shape index (κ3) is 1.63. The Morgan fingerprint density at radius 1 is 1.00 bits per heavy atom. The van der Waals surface area contributed by atoms with Gasteiger partial charge < -0.3 is 5.11 Å². The summed E-state index contributed by atoms with van der Waals surface area (Å²) in [5.74, 6) is -0.402. The molecule has 3 aromatic rings. The number of aliphatic hydroxyl groups excluding tert-OH is 1. The molecule has 0 aliphatic rings. The van der Waals surface area contributed by atoms with Crippen LogP contribution < -0.4 is 0 Å². The maximum absolute atomic E-state index is 12.2. The first-order valence-electron chi connectivity index (χ1n) is 5.52. The molecule has 1 unspecified atom stereocenters. The molecule has 3 rings (SSSR count). The summed E-state index contributed by atoms with van der Waals surface area (Å²) in [4.78, 5) is 12.2. The van der Waals surface area contributed by atoms with Gasteiger partial charge in [-0.2, -0.15) is 0 Å². The number of hydrogen-bond donors (Lipinski definition) is 1. The summed E-state index contributed by atoms with van der Waals surface area (Å²) in [5.41, 5.74) is 1.79. The number of Topliss-reactive ketones (excluding diaryl/α,β-unsaturated/α-hetero) is 1.